The monoisotopic (exact) mass is 543 g/mol. The third-order valence-electron chi connectivity index (χ3n) is 7.34. The highest BCUT2D eigenvalue weighted by atomic mass is 32.2. The molecule has 0 aliphatic carbocycles. The number of hydrogen-bond acceptors (Lipinski definition) is 4. The molecule has 8 nitrogen and oxygen atoms in total. The van der Waals surface area contributed by atoms with Crippen LogP contribution in [0.3, 0.4) is 0 Å². The van der Waals surface area contributed by atoms with E-state index in [1.54, 1.807) is 30.0 Å². The van der Waals surface area contributed by atoms with Gasteiger partial charge in [0.1, 0.15) is 0 Å². The van der Waals surface area contributed by atoms with Crippen molar-refractivity contribution >= 4 is 49.1 Å². The number of amides is 1. The fourth-order valence-electron chi connectivity index (χ4n) is 5.28. The number of nitrogens with zero attached hydrogens (tertiary/aromatic N) is 2. The molecule has 202 valence electrons. The van der Waals surface area contributed by atoms with Gasteiger partial charge in [0.05, 0.1) is 10.9 Å². The van der Waals surface area contributed by atoms with Crippen LogP contribution in [0.4, 0.5) is 5.69 Å². The lowest BCUT2D eigenvalue weighted by Crippen LogP contribution is -2.51. The molecule has 39 heavy (non-hydrogen) atoms. The average Bonchev–Trinajstić information content (AvgIpc) is 2.95. The highest BCUT2D eigenvalue weighted by molar-refractivity contribution is 7.89. The number of likely N-dealkylation sites (tertiary alicyclic amines) is 1. The Hall–Kier alpha value is -3.95. The molecule has 1 unspecified atom stereocenters. The first kappa shape index (κ1) is 26.6. The maximum Gasteiger partial charge on any atom is 0.244 e. The van der Waals surface area contributed by atoms with Crippen molar-refractivity contribution in [1.29, 1.82) is 5.41 Å². The van der Waals surface area contributed by atoms with Crippen LogP contribution in [-0.4, -0.2) is 50.9 Å². The van der Waals surface area contributed by atoms with Crippen molar-refractivity contribution in [1.82, 2.24) is 9.62 Å². The van der Waals surface area contributed by atoms with Crippen LogP contribution >= 0.6 is 0 Å². The standard InChI is InChI=1S/C30H33N5O3S/c1-21(33-39(37,38)28-15-13-24-9-3-5-11-26(24)18-28)29(36)35(20-22-7-6-16-34(19-22)30(31)32)27-14-12-23-8-2-4-10-25(23)17-27/h2-5,8-15,17-18,21-22,33H,6-7,16,19-20H2,1H3,(H3,31,32)/t21-,22?/m1/s1. The molecule has 5 rings (SSSR count). The maximum absolute atomic E-state index is 13.9. The van der Waals surface area contributed by atoms with Crippen LogP contribution in [-0.2, 0) is 14.8 Å². The number of rotatable bonds is 7. The third kappa shape index (κ3) is 5.89. The predicted molar refractivity (Wildman–Crippen MR) is 156 cm³/mol. The fraction of sp³-hybridized carbons (Fsp3) is 0.267. The van der Waals surface area contributed by atoms with Gasteiger partial charge in [0.25, 0.3) is 0 Å². The molecule has 2 atom stereocenters. The summed E-state index contributed by atoms with van der Waals surface area (Å²) >= 11 is 0. The van der Waals surface area contributed by atoms with Crippen molar-refractivity contribution in [3.05, 3.63) is 84.9 Å². The zero-order valence-electron chi connectivity index (χ0n) is 21.9. The lowest BCUT2D eigenvalue weighted by Gasteiger charge is -2.36. The van der Waals surface area contributed by atoms with Crippen molar-refractivity contribution in [2.45, 2.75) is 30.7 Å². The van der Waals surface area contributed by atoms with Gasteiger partial charge in [-0.15, -0.1) is 0 Å². The summed E-state index contributed by atoms with van der Waals surface area (Å²) in [6.45, 7) is 3.27. The van der Waals surface area contributed by atoms with Crippen molar-refractivity contribution in [3.8, 4) is 0 Å². The van der Waals surface area contributed by atoms with Crippen molar-refractivity contribution in [3.63, 3.8) is 0 Å². The first-order valence-electron chi connectivity index (χ1n) is 13.1. The summed E-state index contributed by atoms with van der Waals surface area (Å²) in [7, 11) is -3.95. The average molecular weight is 544 g/mol. The van der Waals surface area contributed by atoms with E-state index < -0.39 is 16.1 Å². The highest BCUT2D eigenvalue weighted by Crippen LogP contribution is 2.27. The molecule has 1 aliphatic rings. The van der Waals surface area contributed by atoms with Gasteiger partial charge >= 0.3 is 0 Å². The maximum atomic E-state index is 13.9. The van der Waals surface area contributed by atoms with E-state index in [4.69, 9.17) is 11.1 Å². The molecule has 0 radical (unpaired) electrons. The number of piperidine rings is 1. The van der Waals surface area contributed by atoms with E-state index in [1.165, 1.54) is 0 Å². The lowest BCUT2D eigenvalue weighted by atomic mass is 9.96. The smallest absolute Gasteiger partial charge is 0.244 e. The number of benzene rings is 4. The Morgan fingerprint density at radius 2 is 1.62 bits per heavy atom. The number of carbonyl (C=O) groups excluding carboxylic acids is 1. The second-order valence-corrected chi connectivity index (χ2v) is 11.9. The Labute approximate surface area is 229 Å². The zero-order valence-corrected chi connectivity index (χ0v) is 22.7. The van der Waals surface area contributed by atoms with Crippen molar-refractivity contribution in [2.75, 3.05) is 24.5 Å². The van der Waals surface area contributed by atoms with Crippen LogP contribution in [0.25, 0.3) is 21.5 Å². The summed E-state index contributed by atoms with van der Waals surface area (Å²) in [5, 5.41) is 11.6. The number of anilines is 1. The molecule has 1 fully saturated rings. The first-order valence-corrected chi connectivity index (χ1v) is 14.6. The van der Waals surface area contributed by atoms with E-state index in [9.17, 15) is 13.2 Å². The summed E-state index contributed by atoms with van der Waals surface area (Å²) in [5.74, 6) is -0.225. The van der Waals surface area contributed by atoms with Gasteiger partial charge in [0, 0.05) is 25.3 Å². The third-order valence-corrected chi connectivity index (χ3v) is 8.88. The Balaban J connectivity index is 1.42. The van der Waals surface area contributed by atoms with E-state index in [-0.39, 0.29) is 22.7 Å². The molecular formula is C30H33N5O3S. The number of sulfonamides is 1. The Bertz CT molecular complexity index is 1640. The molecule has 4 N–H and O–H groups in total. The largest absolute Gasteiger partial charge is 0.370 e. The topological polar surface area (TPSA) is 120 Å². The minimum atomic E-state index is -3.95. The number of nitrogens with two attached hydrogens (primary N) is 1. The number of hydrogen-bond donors (Lipinski definition) is 3. The quantitative estimate of drug-likeness (QED) is 0.237. The SMILES string of the molecule is C[C@@H](NS(=O)(=O)c1ccc2ccccc2c1)C(=O)N(CC1CCCN(C(=N)N)C1)c1ccc2ccccc2c1. The molecular weight excluding hydrogens is 510 g/mol. The van der Waals surface area contributed by atoms with Gasteiger partial charge in [0.15, 0.2) is 5.96 Å². The van der Waals surface area contributed by atoms with Gasteiger partial charge < -0.3 is 15.5 Å². The van der Waals surface area contributed by atoms with E-state index in [1.807, 2.05) is 71.6 Å². The second kappa shape index (κ2) is 11.0. The van der Waals surface area contributed by atoms with Crippen LogP contribution in [0.5, 0.6) is 0 Å². The van der Waals surface area contributed by atoms with Gasteiger partial charge in [-0.05, 0) is 71.5 Å². The molecule has 9 heteroatoms. The van der Waals surface area contributed by atoms with E-state index in [2.05, 4.69) is 4.72 Å². The molecule has 4 aromatic carbocycles. The molecule has 1 amide bonds. The van der Waals surface area contributed by atoms with Crippen LogP contribution in [0.1, 0.15) is 19.8 Å². The van der Waals surface area contributed by atoms with E-state index >= 15 is 0 Å². The van der Waals surface area contributed by atoms with E-state index in [0.29, 0.717) is 18.8 Å². The van der Waals surface area contributed by atoms with Crippen LogP contribution in [0, 0.1) is 11.3 Å². The number of carbonyl (C=O) groups is 1. The molecule has 1 saturated heterocycles. The minimum absolute atomic E-state index is 0.0276. The number of nitrogens with one attached hydrogen (secondary N) is 2. The molecule has 0 spiro atoms. The van der Waals surface area contributed by atoms with Gasteiger partial charge in [-0.2, -0.15) is 4.72 Å². The van der Waals surface area contributed by atoms with Gasteiger partial charge in [-0.3, -0.25) is 10.2 Å². The van der Waals surface area contributed by atoms with Crippen LogP contribution < -0.4 is 15.4 Å². The van der Waals surface area contributed by atoms with Crippen molar-refractivity contribution < 1.29 is 13.2 Å². The first-order chi connectivity index (χ1) is 18.7. The predicted octanol–water partition coefficient (Wildman–Crippen LogP) is 4.30. The molecule has 4 aromatic rings. The van der Waals surface area contributed by atoms with Crippen LogP contribution in [0.2, 0.25) is 0 Å². The normalized spacial score (nSPS) is 16.7. The summed E-state index contributed by atoms with van der Waals surface area (Å²) in [5.41, 5.74) is 6.46. The Kier molecular flexibility index (Phi) is 7.54. The highest BCUT2D eigenvalue weighted by Gasteiger charge is 2.30. The summed E-state index contributed by atoms with van der Waals surface area (Å²) in [4.78, 5) is 17.5. The summed E-state index contributed by atoms with van der Waals surface area (Å²) < 4.78 is 29.2. The number of fused-ring (bicyclic) bond motifs is 2. The van der Waals surface area contributed by atoms with Crippen LogP contribution in [0.15, 0.2) is 89.8 Å². The Morgan fingerprint density at radius 1 is 1.00 bits per heavy atom. The summed E-state index contributed by atoms with van der Waals surface area (Å²) in [6.07, 6.45) is 1.76. The lowest BCUT2D eigenvalue weighted by molar-refractivity contribution is -0.120. The van der Waals surface area contributed by atoms with E-state index in [0.717, 1.165) is 40.9 Å². The Morgan fingerprint density at radius 3 is 2.28 bits per heavy atom. The second-order valence-electron chi connectivity index (χ2n) is 10.2. The minimum Gasteiger partial charge on any atom is -0.370 e. The van der Waals surface area contributed by atoms with Gasteiger partial charge in [-0.1, -0.05) is 60.7 Å². The number of guanidine groups is 1. The fourth-order valence-corrected chi connectivity index (χ4v) is 6.51. The molecule has 0 aromatic heterocycles. The molecule has 0 saturated carbocycles. The molecule has 1 aliphatic heterocycles. The zero-order chi connectivity index (χ0) is 27.6. The molecule has 0 bridgehead atoms. The van der Waals surface area contributed by atoms with Crippen molar-refractivity contribution in [2.24, 2.45) is 11.7 Å². The van der Waals surface area contributed by atoms with Gasteiger partial charge in [0.2, 0.25) is 15.9 Å². The van der Waals surface area contributed by atoms with Gasteiger partial charge in [-0.25, -0.2) is 8.42 Å². The molecule has 1 heterocycles. The summed E-state index contributed by atoms with van der Waals surface area (Å²) in [6, 6.07) is 25.2.